The van der Waals surface area contributed by atoms with Crippen LogP contribution in [0.2, 0.25) is 5.02 Å². The average molecular weight is 375 g/mol. The first-order valence-electron chi connectivity index (χ1n) is 8.26. The van der Waals surface area contributed by atoms with Crippen LogP contribution in [0.4, 0.5) is 0 Å². The van der Waals surface area contributed by atoms with E-state index >= 15 is 0 Å². The van der Waals surface area contributed by atoms with Gasteiger partial charge in [0.2, 0.25) is 0 Å². The molecule has 1 aliphatic rings. The van der Waals surface area contributed by atoms with E-state index in [-0.39, 0.29) is 16.9 Å². The molecular weight excluding hydrogens is 356 g/mol. The van der Waals surface area contributed by atoms with Gasteiger partial charge in [-0.3, -0.25) is 9.59 Å². The maximum absolute atomic E-state index is 12.5. The number of rotatable bonds is 5. The van der Waals surface area contributed by atoms with Gasteiger partial charge in [0, 0.05) is 29.9 Å². The van der Waals surface area contributed by atoms with Crippen molar-refractivity contribution in [3.8, 4) is 0 Å². The molecule has 4 nitrogen and oxygen atoms in total. The largest absolute Gasteiger partial charge is 0.339 e. The Morgan fingerprint density at radius 3 is 2.32 bits per heavy atom. The summed E-state index contributed by atoms with van der Waals surface area (Å²) in [5, 5.41) is 1.07. The van der Waals surface area contributed by atoms with Gasteiger partial charge in [-0.1, -0.05) is 23.4 Å². The molecule has 1 saturated heterocycles. The molecule has 1 aromatic carbocycles. The summed E-state index contributed by atoms with van der Waals surface area (Å²) in [4.78, 5) is 31.0. The number of benzene rings is 1. The number of hydrogen-bond donors (Lipinski definition) is 0. The maximum atomic E-state index is 12.5. The fourth-order valence-corrected chi connectivity index (χ4v) is 3.75. The average Bonchev–Trinajstić information content (AvgIpc) is 3.16. The van der Waals surface area contributed by atoms with Crippen molar-refractivity contribution in [2.24, 2.45) is 0 Å². The molecule has 1 atom stereocenters. The zero-order valence-corrected chi connectivity index (χ0v) is 15.5. The van der Waals surface area contributed by atoms with Crippen molar-refractivity contribution in [2.75, 3.05) is 13.1 Å². The van der Waals surface area contributed by atoms with Gasteiger partial charge in [-0.05, 0) is 56.2 Å². The smallest absolute Gasteiger partial charge is 0.255 e. The van der Waals surface area contributed by atoms with Gasteiger partial charge in [-0.2, -0.15) is 0 Å². The van der Waals surface area contributed by atoms with Crippen LogP contribution < -0.4 is 0 Å². The third-order valence-electron chi connectivity index (χ3n) is 4.17. The van der Waals surface area contributed by atoms with E-state index in [2.05, 4.69) is 4.98 Å². The zero-order valence-electron chi connectivity index (χ0n) is 13.9. The molecule has 0 aliphatic carbocycles. The summed E-state index contributed by atoms with van der Waals surface area (Å²) < 4.78 is 0. The lowest BCUT2D eigenvalue weighted by molar-refractivity contribution is 0.0792. The summed E-state index contributed by atoms with van der Waals surface area (Å²) >= 11 is 7.24. The summed E-state index contributed by atoms with van der Waals surface area (Å²) in [5.41, 5.74) is 1.23. The number of thioether (sulfide) groups is 1. The van der Waals surface area contributed by atoms with Crippen LogP contribution in [0, 0.1) is 0 Å². The van der Waals surface area contributed by atoms with Crippen LogP contribution in [-0.4, -0.2) is 39.9 Å². The third-order valence-corrected chi connectivity index (χ3v) is 5.47. The fourth-order valence-electron chi connectivity index (χ4n) is 2.76. The molecule has 0 radical (unpaired) electrons. The van der Waals surface area contributed by atoms with Crippen LogP contribution in [0.5, 0.6) is 0 Å². The Kier molecular flexibility index (Phi) is 5.76. The highest BCUT2D eigenvalue weighted by Crippen LogP contribution is 2.25. The van der Waals surface area contributed by atoms with E-state index in [1.807, 2.05) is 11.8 Å². The number of likely N-dealkylation sites (tertiary alicyclic amines) is 1. The number of ketones is 1. The fraction of sp³-hybridized carbons (Fsp3) is 0.316. The number of amides is 1. The van der Waals surface area contributed by atoms with Crippen molar-refractivity contribution >= 4 is 35.1 Å². The van der Waals surface area contributed by atoms with Gasteiger partial charge in [0.25, 0.3) is 5.91 Å². The molecule has 3 rings (SSSR count). The number of carbonyl (C=O) groups is 2. The molecule has 1 amide bonds. The van der Waals surface area contributed by atoms with Crippen LogP contribution in [0.1, 0.15) is 40.5 Å². The van der Waals surface area contributed by atoms with E-state index in [4.69, 9.17) is 11.6 Å². The van der Waals surface area contributed by atoms with E-state index < -0.39 is 0 Å². The second kappa shape index (κ2) is 8.02. The second-order valence-corrected chi connectivity index (χ2v) is 7.81. The predicted octanol–water partition coefficient (Wildman–Crippen LogP) is 4.33. The van der Waals surface area contributed by atoms with Crippen LogP contribution in [0.15, 0.2) is 47.6 Å². The first kappa shape index (κ1) is 18.0. The summed E-state index contributed by atoms with van der Waals surface area (Å²) in [5.74, 6) is 0.0625. The van der Waals surface area contributed by atoms with Crippen LogP contribution in [0.25, 0.3) is 0 Å². The van der Waals surface area contributed by atoms with Crippen LogP contribution >= 0.6 is 23.4 Å². The standard InChI is InChI=1S/C19H19ClN2O2S/c1-13(18(23)14-4-7-16(20)8-5-14)25-17-9-6-15(12-21-17)19(24)22-10-2-3-11-22/h4-9,12-13H,2-3,10-11H2,1H3. The number of halogens is 1. The Balaban J connectivity index is 1.63. The molecule has 0 bridgehead atoms. The Bertz CT molecular complexity index is 756. The van der Waals surface area contributed by atoms with E-state index in [9.17, 15) is 9.59 Å². The van der Waals surface area contributed by atoms with Gasteiger partial charge < -0.3 is 4.90 Å². The van der Waals surface area contributed by atoms with Crippen molar-refractivity contribution in [1.29, 1.82) is 0 Å². The molecule has 0 N–H and O–H groups in total. The minimum absolute atomic E-state index is 0.0284. The first-order valence-corrected chi connectivity index (χ1v) is 9.52. The number of carbonyl (C=O) groups excluding carboxylic acids is 2. The number of hydrogen-bond acceptors (Lipinski definition) is 4. The van der Waals surface area contributed by atoms with Crippen molar-refractivity contribution in [1.82, 2.24) is 9.88 Å². The summed E-state index contributed by atoms with van der Waals surface area (Å²) in [6, 6.07) is 10.5. The number of Topliss-reactive ketones (excluding diaryl/α,β-unsaturated/α-hetero) is 1. The normalized spacial score (nSPS) is 15.2. The molecule has 2 heterocycles. The minimum atomic E-state index is -0.270. The highest BCUT2D eigenvalue weighted by molar-refractivity contribution is 8.00. The van der Waals surface area contributed by atoms with Crippen LogP contribution in [0.3, 0.4) is 0 Å². The second-order valence-electron chi connectivity index (χ2n) is 6.02. The van der Waals surface area contributed by atoms with Gasteiger partial charge in [-0.25, -0.2) is 4.98 Å². The summed E-state index contributed by atoms with van der Waals surface area (Å²) in [6.45, 7) is 3.50. The van der Waals surface area contributed by atoms with Crippen molar-refractivity contribution in [3.05, 3.63) is 58.7 Å². The van der Waals surface area contributed by atoms with Crippen molar-refractivity contribution in [3.63, 3.8) is 0 Å². The SMILES string of the molecule is CC(Sc1ccc(C(=O)N2CCCC2)cn1)C(=O)c1ccc(Cl)cc1. The molecule has 0 saturated carbocycles. The van der Waals surface area contributed by atoms with Gasteiger partial charge in [-0.15, -0.1) is 0 Å². The molecule has 6 heteroatoms. The molecule has 25 heavy (non-hydrogen) atoms. The third kappa shape index (κ3) is 4.41. The van der Waals surface area contributed by atoms with Gasteiger partial charge >= 0.3 is 0 Å². The molecule has 1 fully saturated rings. The van der Waals surface area contributed by atoms with E-state index in [1.165, 1.54) is 11.8 Å². The lowest BCUT2D eigenvalue weighted by Gasteiger charge is -2.15. The maximum Gasteiger partial charge on any atom is 0.255 e. The predicted molar refractivity (Wildman–Crippen MR) is 100 cm³/mol. The van der Waals surface area contributed by atoms with E-state index in [0.29, 0.717) is 16.1 Å². The highest BCUT2D eigenvalue weighted by Gasteiger charge is 2.20. The van der Waals surface area contributed by atoms with Gasteiger partial charge in [0.05, 0.1) is 15.8 Å². The monoisotopic (exact) mass is 374 g/mol. The minimum Gasteiger partial charge on any atom is -0.339 e. The van der Waals surface area contributed by atoms with E-state index in [1.54, 1.807) is 42.6 Å². The molecule has 0 spiro atoms. The highest BCUT2D eigenvalue weighted by atomic mass is 35.5. The Labute approximate surface area is 156 Å². The molecule has 1 unspecified atom stereocenters. The van der Waals surface area contributed by atoms with Crippen LogP contribution in [-0.2, 0) is 0 Å². The van der Waals surface area contributed by atoms with Crippen molar-refractivity contribution < 1.29 is 9.59 Å². The number of nitrogens with zero attached hydrogens (tertiary/aromatic N) is 2. The topological polar surface area (TPSA) is 50.3 Å². The van der Waals surface area contributed by atoms with Gasteiger partial charge in [0.1, 0.15) is 0 Å². The quantitative estimate of drug-likeness (QED) is 0.577. The lowest BCUT2D eigenvalue weighted by atomic mass is 10.1. The molecular formula is C19H19ClN2O2S. The lowest BCUT2D eigenvalue weighted by Crippen LogP contribution is -2.27. The molecule has 2 aromatic rings. The molecule has 1 aromatic heterocycles. The molecule has 130 valence electrons. The van der Waals surface area contributed by atoms with E-state index in [0.717, 1.165) is 31.0 Å². The first-order chi connectivity index (χ1) is 12.0. The Morgan fingerprint density at radius 2 is 1.72 bits per heavy atom. The van der Waals surface area contributed by atoms with Crippen molar-refractivity contribution in [2.45, 2.75) is 30.0 Å². The number of pyridine rings is 1. The zero-order chi connectivity index (χ0) is 17.8. The molecule has 1 aliphatic heterocycles. The Hall–Kier alpha value is -1.85. The summed E-state index contributed by atoms with van der Waals surface area (Å²) in [7, 11) is 0. The summed E-state index contributed by atoms with van der Waals surface area (Å²) in [6.07, 6.45) is 3.73. The van der Waals surface area contributed by atoms with Gasteiger partial charge in [0.15, 0.2) is 5.78 Å². The Morgan fingerprint density at radius 1 is 1.08 bits per heavy atom. The number of aromatic nitrogens is 1.